The summed E-state index contributed by atoms with van der Waals surface area (Å²) in [5, 5.41) is 0. The Balaban J connectivity index is 1.88. The first kappa shape index (κ1) is 14.3. The summed E-state index contributed by atoms with van der Waals surface area (Å²) in [6.45, 7) is 3.29. The third-order valence-corrected chi connectivity index (χ3v) is 5.07. The van der Waals surface area contributed by atoms with Gasteiger partial charge < -0.3 is 4.57 Å². The van der Waals surface area contributed by atoms with Crippen molar-refractivity contribution in [2.45, 2.75) is 39.2 Å². The number of rotatable bonds is 3. The number of hydrogen-bond donors (Lipinski definition) is 0. The van der Waals surface area contributed by atoms with E-state index in [4.69, 9.17) is 0 Å². The van der Waals surface area contributed by atoms with Gasteiger partial charge in [0, 0.05) is 12.2 Å². The molecule has 0 fully saturated rings. The Hall–Kier alpha value is -2.28. The van der Waals surface area contributed by atoms with E-state index >= 15 is 0 Å². The smallest absolute Gasteiger partial charge is 0.0518 e. The van der Waals surface area contributed by atoms with Gasteiger partial charge in [0.05, 0.1) is 5.69 Å². The molecule has 0 bridgehead atoms. The van der Waals surface area contributed by atoms with Crippen LogP contribution in [0.25, 0.3) is 11.3 Å². The molecule has 1 aliphatic carbocycles. The Kier molecular flexibility index (Phi) is 3.78. The van der Waals surface area contributed by atoms with Crippen LogP contribution in [0.15, 0.2) is 60.7 Å². The Labute approximate surface area is 138 Å². The lowest BCUT2D eigenvalue weighted by Crippen LogP contribution is -2.10. The van der Waals surface area contributed by atoms with Gasteiger partial charge in [-0.1, -0.05) is 60.7 Å². The van der Waals surface area contributed by atoms with E-state index < -0.39 is 0 Å². The molecule has 0 unspecified atom stereocenters. The third-order valence-electron chi connectivity index (χ3n) is 5.07. The maximum absolute atomic E-state index is 2.58. The predicted molar refractivity (Wildman–Crippen MR) is 96.8 cm³/mol. The summed E-state index contributed by atoms with van der Waals surface area (Å²) in [5.41, 5.74) is 8.80. The van der Waals surface area contributed by atoms with Crippen LogP contribution in [0.2, 0.25) is 0 Å². The molecule has 2 aromatic carbocycles. The van der Waals surface area contributed by atoms with Crippen molar-refractivity contribution < 1.29 is 0 Å². The first-order chi connectivity index (χ1) is 11.3. The zero-order valence-electron chi connectivity index (χ0n) is 13.8. The number of aromatic nitrogens is 1. The van der Waals surface area contributed by atoms with Crippen LogP contribution in [0, 0.1) is 6.92 Å². The zero-order chi connectivity index (χ0) is 15.6. The number of benzene rings is 2. The largest absolute Gasteiger partial charge is 0.340 e. The van der Waals surface area contributed by atoms with E-state index in [1.54, 1.807) is 11.3 Å². The highest BCUT2D eigenvalue weighted by atomic mass is 15.0. The second-order valence-electron chi connectivity index (χ2n) is 6.54. The van der Waals surface area contributed by atoms with Gasteiger partial charge in [0.1, 0.15) is 0 Å². The summed E-state index contributed by atoms with van der Waals surface area (Å²) in [6.07, 6.45) is 5.11. The van der Waals surface area contributed by atoms with Crippen molar-refractivity contribution in [3.05, 3.63) is 83.0 Å². The van der Waals surface area contributed by atoms with E-state index in [0.717, 1.165) is 6.54 Å². The van der Waals surface area contributed by atoms with E-state index in [0.29, 0.717) is 0 Å². The molecule has 1 heteroatoms. The van der Waals surface area contributed by atoms with Gasteiger partial charge in [0.25, 0.3) is 0 Å². The summed E-state index contributed by atoms with van der Waals surface area (Å²) in [7, 11) is 0. The van der Waals surface area contributed by atoms with E-state index in [-0.39, 0.29) is 0 Å². The molecule has 116 valence electrons. The fraction of sp³-hybridized carbons (Fsp3) is 0.273. The number of fused-ring (bicyclic) bond motifs is 1. The SMILES string of the molecule is Cc1c2c(n(Cc3ccccc3)c1-c1ccccc1)CCCC2. The van der Waals surface area contributed by atoms with Gasteiger partial charge in [0.2, 0.25) is 0 Å². The third kappa shape index (κ3) is 2.61. The molecule has 0 radical (unpaired) electrons. The Bertz CT molecular complexity index is 797. The standard InChI is InChI=1S/C22H23N/c1-17-20-14-8-9-15-21(20)23(16-18-10-4-2-5-11-18)22(17)19-12-6-3-7-13-19/h2-7,10-13H,8-9,14-16H2,1H3. The lowest BCUT2D eigenvalue weighted by molar-refractivity contribution is 0.632. The van der Waals surface area contributed by atoms with E-state index in [1.807, 2.05) is 0 Å². The Morgan fingerprint density at radius 3 is 2.22 bits per heavy atom. The Morgan fingerprint density at radius 1 is 0.826 bits per heavy atom. The molecule has 0 N–H and O–H groups in total. The quantitative estimate of drug-likeness (QED) is 0.611. The molecule has 4 rings (SSSR count). The van der Waals surface area contributed by atoms with Gasteiger partial charge in [-0.05, 0) is 54.9 Å². The van der Waals surface area contributed by atoms with Gasteiger partial charge in [-0.2, -0.15) is 0 Å². The fourth-order valence-corrected chi connectivity index (χ4v) is 3.98. The first-order valence-electron chi connectivity index (χ1n) is 8.65. The normalized spacial score (nSPS) is 13.8. The molecule has 0 saturated heterocycles. The van der Waals surface area contributed by atoms with Crippen molar-refractivity contribution in [2.75, 3.05) is 0 Å². The molecule has 3 aromatic rings. The summed E-state index contributed by atoms with van der Waals surface area (Å²) in [5.74, 6) is 0. The van der Waals surface area contributed by atoms with Crippen molar-refractivity contribution >= 4 is 0 Å². The van der Waals surface area contributed by atoms with Crippen LogP contribution >= 0.6 is 0 Å². The molecule has 0 saturated carbocycles. The number of nitrogens with zero attached hydrogens (tertiary/aromatic N) is 1. The molecule has 0 atom stereocenters. The van der Waals surface area contributed by atoms with Crippen LogP contribution < -0.4 is 0 Å². The van der Waals surface area contributed by atoms with Crippen LogP contribution in [0.4, 0.5) is 0 Å². The summed E-state index contributed by atoms with van der Waals surface area (Å²) in [6, 6.07) is 21.7. The molecular weight excluding hydrogens is 278 g/mol. The maximum atomic E-state index is 2.58. The molecule has 23 heavy (non-hydrogen) atoms. The molecule has 0 spiro atoms. The van der Waals surface area contributed by atoms with Crippen LogP contribution in [0.1, 0.15) is 35.2 Å². The second-order valence-corrected chi connectivity index (χ2v) is 6.54. The van der Waals surface area contributed by atoms with Gasteiger partial charge in [-0.25, -0.2) is 0 Å². The van der Waals surface area contributed by atoms with Crippen molar-refractivity contribution in [2.24, 2.45) is 0 Å². The van der Waals surface area contributed by atoms with Crippen molar-refractivity contribution in [3.63, 3.8) is 0 Å². The monoisotopic (exact) mass is 301 g/mol. The highest BCUT2D eigenvalue weighted by Crippen LogP contribution is 2.36. The van der Waals surface area contributed by atoms with Crippen LogP contribution in [0.3, 0.4) is 0 Å². The summed E-state index contributed by atoms with van der Waals surface area (Å²) in [4.78, 5) is 0. The van der Waals surface area contributed by atoms with E-state index in [1.165, 1.54) is 48.1 Å². The molecule has 1 heterocycles. The van der Waals surface area contributed by atoms with Gasteiger partial charge >= 0.3 is 0 Å². The summed E-state index contributed by atoms with van der Waals surface area (Å²) < 4.78 is 2.58. The maximum Gasteiger partial charge on any atom is 0.0518 e. The fourth-order valence-electron chi connectivity index (χ4n) is 3.98. The minimum Gasteiger partial charge on any atom is -0.340 e. The van der Waals surface area contributed by atoms with Gasteiger partial charge in [0.15, 0.2) is 0 Å². The predicted octanol–water partition coefficient (Wildman–Crippen LogP) is 5.39. The lowest BCUT2D eigenvalue weighted by Gasteiger charge is -2.17. The number of hydrogen-bond acceptors (Lipinski definition) is 0. The van der Waals surface area contributed by atoms with Gasteiger partial charge in [-0.15, -0.1) is 0 Å². The van der Waals surface area contributed by atoms with Crippen LogP contribution in [0.5, 0.6) is 0 Å². The first-order valence-corrected chi connectivity index (χ1v) is 8.65. The molecular formula is C22H23N. The topological polar surface area (TPSA) is 4.93 Å². The van der Waals surface area contributed by atoms with Crippen molar-refractivity contribution in [3.8, 4) is 11.3 Å². The van der Waals surface area contributed by atoms with Crippen molar-refractivity contribution in [1.82, 2.24) is 4.57 Å². The average Bonchev–Trinajstić information content (AvgIpc) is 2.89. The zero-order valence-corrected chi connectivity index (χ0v) is 13.8. The minimum absolute atomic E-state index is 0.973. The molecule has 0 aliphatic heterocycles. The Morgan fingerprint density at radius 2 is 1.48 bits per heavy atom. The van der Waals surface area contributed by atoms with E-state index in [9.17, 15) is 0 Å². The molecule has 1 aromatic heterocycles. The average molecular weight is 301 g/mol. The lowest BCUT2D eigenvalue weighted by atomic mass is 9.94. The van der Waals surface area contributed by atoms with Crippen LogP contribution in [-0.2, 0) is 19.4 Å². The van der Waals surface area contributed by atoms with E-state index in [2.05, 4.69) is 72.2 Å². The summed E-state index contributed by atoms with van der Waals surface area (Å²) >= 11 is 0. The van der Waals surface area contributed by atoms with Crippen LogP contribution in [-0.4, -0.2) is 4.57 Å². The highest BCUT2D eigenvalue weighted by Gasteiger charge is 2.23. The van der Waals surface area contributed by atoms with Crippen molar-refractivity contribution in [1.29, 1.82) is 0 Å². The highest BCUT2D eigenvalue weighted by molar-refractivity contribution is 5.68. The van der Waals surface area contributed by atoms with Gasteiger partial charge in [-0.3, -0.25) is 0 Å². The molecule has 0 amide bonds. The minimum atomic E-state index is 0.973. The molecule has 1 aliphatic rings. The molecule has 1 nitrogen and oxygen atoms in total. The second kappa shape index (κ2) is 6.08.